The molecule has 0 aliphatic carbocycles. The molecule has 90 valence electrons. The Morgan fingerprint density at radius 2 is 1.73 bits per heavy atom. The lowest BCUT2D eigenvalue weighted by atomic mass is 9.97. The zero-order chi connectivity index (χ0) is 12.5. The third-order valence-electron chi connectivity index (χ3n) is 2.00. The third kappa shape index (κ3) is 19.5. The van der Waals surface area contributed by atoms with Crippen LogP contribution in [0.25, 0.3) is 0 Å². The monoisotopic (exact) mass is 216 g/mol. The zero-order valence-corrected chi connectivity index (χ0v) is 10.5. The molecule has 0 aromatic heterocycles. The molecule has 0 rings (SSSR count). The van der Waals surface area contributed by atoms with Gasteiger partial charge in [-0.2, -0.15) is 0 Å². The van der Waals surface area contributed by atoms with E-state index in [1.54, 1.807) is 0 Å². The van der Waals surface area contributed by atoms with Gasteiger partial charge in [0.05, 0.1) is 5.60 Å². The molecule has 0 spiro atoms. The molecule has 0 radical (unpaired) electrons. The van der Waals surface area contributed by atoms with Crippen LogP contribution in [0.1, 0.15) is 53.9 Å². The fourth-order valence-electron chi connectivity index (χ4n) is 0.849. The van der Waals surface area contributed by atoms with Gasteiger partial charge in [-0.3, -0.25) is 4.79 Å². The first kappa shape index (κ1) is 16.6. The summed E-state index contributed by atoms with van der Waals surface area (Å²) in [7, 11) is 0. The van der Waals surface area contributed by atoms with Gasteiger partial charge in [0.25, 0.3) is 5.97 Å². The van der Waals surface area contributed by atoms with Gasteiger partial charge in [-0.05, 0) is 40.0 Å². The summed E-state index contributed by atoms with van der Waals surface area (Å²) in [5.74, 6) is -0.833. The van der Waals surface area contributed by atoms with Crippen molar-refractivity contribution in [3.05, 3.63) is 11.6 Å². The lowest BCUT2D eigenvalue weighted by Gasteiger charge is -2.19. The molecule has 3 nitrogen and oxygen atoms in total. The van der Waals surface area contributed by atoms with E-state index in [0.717, 1.165) is 26.2 Å². The Balaban J connectivity index is 0. The quantitative estimate of drug-likeness (QED) is 0.710. The summed E-state index contributed by atoms with van der Waals surface area (Å²) in [6, 6.07) is 0. The van der Waals surface area contributed by atoms with E-state index >= 15 is 0 Å². The van der Waals surface area contributed by atoms with Crippen LogP contribution in [0.4, 0.5) is 0 Å². The largest absolute Gasteiger partial charge is 0.481 e. The zero-order valence-electron chi connectivity index (χ0n) is 10.5. The van der Waals surface area contributed by atoms with Crippen molar-refractivity contribution in [1.29, 1.82) is 0 Å². The summed E-state index contributed by atoms with van der Waals surface area (Å²) in [6.45, 7) is 9.16. The van der Waals surface area contributed by atoms with Gasteiger partial charge in [-0.25, -0.2) is 0 Å². The smallest absolute Gasteiger partial charge is 0.300 e. The average Bonchev–Trinajstić information content (AvgIpc) is 2.02. The van der Waals surface area contributed by atoms with Crippen molar-refractivity contribution >= 4 is 5.97 Å². The molecule has 0 aliphatic heterocycles. The maximum Gasteiger partial charge on any atom is 0.300 e. The Morgan fingerprint density at radius 1 is 1.33 bits per heavy atom. The first-order valence-corrected chi connectivity index (χ1v) is 5.26. The highest BCUT2D eigenvalue weighted by molar-refractivity contribution is 5.62. The molecule has 0 aromatic rings. The Hall–Kier alpha value is -0.830. The van der Waals surface area contributed by atoms with Crippen molar-refractivity contribution in [2.75, 3.05) is 0 Å². The first-order valence-electron chi connectivity index (χ1n) is 5.26. The van der Waals surface area contributed by atoms with Crippen molar-refractivity contribution in [3.63, 3.8) is 0 Å². The lowest BCUT2D eigenvalue weighted by Crippen LogP contribution is -2.21. The van der Waals surface area contributed by atoms with Crippen LogP contribution in [0.2, 0.25) is 0 Å². The normalized spacial score (nSPS) is 13.2. The average molecular weight is 216 g/mol. The van der Waals surface area contributed by atoms with Crippen molar-refractivity contribution < 1.29 is 15.0 Å². The highest BCUT2D eigenvalue weighted by Crippen LogP contribution is 2.16. The molecule has 0 saturated heterocycles. The summed E-state index contributed by atoms with van der Waals surface area (Å²) in [4.78, 5) is 9.00. The fraction of sp³-hybridized carbons (Fsp3) is 0.750. The van der Waals surface area contributed by atoms with Crippen molar-refractivity contribution in [2.45, 2.75) is 59.5 Å². The predicted octanol–water partition coefficient (Wildman–Crippen LogP) is 2.98. The number of carbonyl (C=O) groups is 1. The van der Waals surface area contributed by atoms with E-state index in [0.29, 0.717) is 0 Å². The summed E-state index contributed by atoms with van der Waals surface area (Å²) in [5, 5.41) is 17.0. The van der Waals surface area contributed by atoms with Crippen molar-refractivity contribution in [1.82, 2.24) is 0 Å². The number of carboxylic acids is 1. The van der Waals surface area contributed by atoms with Gasteiger partial charge in [-0.15, -0.1) is 0 Å². The van der Waals surface area contributed by atoms with Crippen LogP contribution in [0, 0.1) is 0 Å². The predicted molar refractivity (Wildman–Crippen MR) is 62.9 cm³/mol. The van der Waals surface area contributed by atoms with E-state index in [-0.39, 0.29) is 0 Å². The maximum atomic E-state index is 9.61. The summed E-state index contributed by atoms with van der Waals surface area (Å²) < 4.78 is 0. The molecule has 0 aromatic carbocycles. The van der Waals surface area contributed by atoms with E-state index in [2.05, 4.69) is 19.9 Å². The number of rotatable bonds is 4. The van der Waals surface area contributed by atoms with Crippen LogP contribution < -0.4 is 0 Å². The van der Waals surface area contributed by atoms with Gasteiger partial charge < -0.3 is 10.2 Å². The molecule has 0 saturated carbocycles. The number of allylic oxidation sites excluding steroid dienone is 2. The van der Waals surface area contributed by atoms with Gasteiger partial charge >= 0.3 is 0 Å². The topological polar surface area (TPSA) is 57.5 Å². The molecule has 0 amide bonds. The van der Waals surface area contributed by atoms with E-state index in [1.807, 2.05) is 13.8 Å². The van der Waals surface area contributed by atoms with E-state index < -0.39 is 11.6 Å². The minimum atomic E-state index is -0.833. The molecule has 1 atom stereocenters. The molecule has 0 bridgehead atoms. The molecular formula is C12H24O3. The summed E-state index contributed by atoms with van der Waals surface area (Å²) in [6.07, 6.45) is 4.87. The molecule has 0 heterocycles. The Labute approximate surface area is 92.8 Å². The SMILES string of the molecule is CC(=O)O.CC[C@](C)(O)CCC=C(C)C. The molecule has 0 unspecified atom stereocenters. The Kier molecular flexibility index (Phi) is 9.38. The van der Waals surface area contributed by atoms with Gasteiger partial charge in [0.15, 0.2) is 0 Å². The molecule has 15 heavy (non-hydrogen) atoms. The second-order valence-corrected chi connectivity index (χ2v) is 4.19. The van der Waals surface area contributed by atoms with E-state index in [1.165, 1.54) is 5.57 Å². The Bertz CT molecular complexity index is 197. The van der Waals surface area contributed by atoms with E-state index in [9.17, 15) is 5.11 Å². The minimum Gasteiger partial charge on any atom is -0.481 e. The first-order chi connectivity index (χ1) is 6.71. The van der Waals surface area contributed by atoms with Gasteiger partial charge in [0.2, 0.25) is 0 Å². The molecule has 3 heteroatoms. The minimum absolute atomic E-state index is 0.466. The number of carboxylic acid groups (broad SMARTS) is 1. The highest BCUT2D eigenvalue weighted by Gasteiger charge is 2.15. The summed E-state index contributed by atoms with van der Waals surface area (Å²) >= 11 is 0. The van der Waals surface area contributed by atoms with Crippen LogP contribution in [0.15, 0.2) is 11.6 Å². The van der Waals surface area contributed by atoms with Crippen molar-refractivity contribution in [2.24, 2.45) is 0 Å². The molecule has 0 fully saturated rings. The number of hydrogen-bond acceptors (Lipinski definition) is 2. The van der Waals surface area contributed by atoms with Gasteiger partial charge in [0, 0.05) is 6.92 Å². The molecular weight excluding hydrogens is 192 g/mol. The Morgan fingerprint density at radius 3 is 2.00 bits per heavy atom. The third-order valence-corrected chi connectivity index (χ3v) is 2.00. The maximum absolute atomic E-state index is 9.61. The van der Waals surface area contributed by atoms with Crippen LogP contribution in [0.5, 0.6) is 0 Å². The highest BCUT2D eigenvalue weighted by atomic mass is 16.4. The fourth-order valence-corrected chi connectivity index (χ4v) is 0.849. The van der Waals surface area contributed by atoms with Crippen LogP contribution in [0.3, 0.4) is 0 Å². The van der Waals surface area contributed by atoms with Crippen molar-refractivity contribution in [3.8, 4) is 0 Å². The second-order valence-electron chi connectivity index (χ2n) is 4.19. The lowest BCUT2D eigenvalue weighted by molar-refractivity contribution is -0.134. The number of hydrogen-bond donors (Lipinski definition) is 2. The van der Waals surface area contributed by atoms with Crippen LogP contribution >= 0.6 is 0 Å². The van der Waals surface area contributed by atoms with Gasteiger partial charge in [0.1, 0.15) is 0 Å². The van der Waals surface area contributed by atoms with E-state index in [4.69, 9.17) is 9.90 Å². The van der Waals surface area contributed by atoms with Crippen LogP contribution in [-0.4, -0.2) is 21.8 Å². The molecule has 2 N–H and O–H groups in total. The standard InChI is InChI=1S/C10H20O.C2H4O2/c1-5-10(4,11)8-6-7-9(2)3;1-2(3)4/h7,11H,5-6,8H2,1-4H3;1H3,(H,3,4)/t10-;/m0./s1. The van der Waals surface area contributed by atoms with Gasteiger partial charge in [-0.1, -0.05) is 18.6 Å². The molecule has 0 aliphatic rings. The van der Waals surface area contributed by atoms with Crippen LogP contribution in [-0.2, 0) is 4.79 Å². The number of aliphatic hydroxyl groups is 1. The second kappa shape index (κ2) is 8.48. The summed E-state index contributed by atoms with van der Waals surface area (Å²) in [5.41, 5.74) is 0.864. The number of aliphatic carboxylic acids is 1.